The predicted molar refractivity (Wildman–Crippen MR) is 126 cm³/mol. The molecule has 3 aromatic carbocycles. The normalized spacial score (nSPS) is 18.1. The molecule has 0 aromatic heterocycles. The average Bonchev–Trinajstić information content (AvgIpc) is 3.76. The molecule has 35 heavy (non-hydrogen) atoms. The molecule has 2 heterocycles. The van der Waals surface area contributed by atoms with Crippen LogP contribution in [0.3, 0.4) is 0 Å². The Hall–Kier alpha value is -3.88. The molecule has 2 atom stereocenters. The number of aromatic carboxylic acids is 2. The zero-order valence-electron chi connectivity index (χ0n) is 19.0. The molecule has 2 fully saturated rings. The maximum absolute atomic E-state index is 11.9. The van der Waals surface area contributed by atoms with E-state index in [2.05, 4.69) is 0 Å². The third-order valence-corrected chi connectivity index (χ3v) is 5.95. The fraction of sp³-hybridized carbons (Fsp3) is 0.259. The third kappa shape index (κ3) is 5.29. The van der Waals surface area contributed by atoms with E-state index in [1.54, 1.807) is 36.4 Å². The summed E-state index contributed by atoms with van der Waals surface area (Å²) in [6.45, 7) is 4.01. The zero-order valence-corrected chi connectivity index (χ0v) is 19.0. The molecule has 0 radical (unpaired) electrons. The van der Waals surface area contributed by atoms with Gasteiger partial charge in [-0.15, -0.1) is 0 Å². The number of carboxylic acid groups (broad SMARTS) is 2. The molecular weight excluding hydrogens is 452 g/mol. The lowest BCUT2D eigenvalue weighted by atomic mass is 9.91. The second-order valence-electron chi connectivity index (χ2n) is 8.59. The summed E-state index contributed by atoms with van der Waals surface area (Å²) in [7, 11) is 0. The van der Waals surface area contributed by atoms with Crippen LogP contribution in [-0.4, -0.2) is 60.8 Å². The Morgan fingerprint density at radius 1 is 0.771 bits per heavy atom. The summed E-state index contributed by atoms with van der Waals surface area (Å²) in [6.07, 6.45) is 0.165. The van der Waals surface area contributed by atoms with E-state index >= 15 is 0 Å². The summed E-state index contributed by atoms with van der Waals surface area (Å²) in [5.74, 6) is -0.976. The van der Waals surface area contributed by atoms with Crippen molar-refractivity contribution in [3.8, 4) is 33.8 Å². The molecule has 3 aromatic rings. The number of benzene rings is 3. The van der Waals surface area contributed by atoms with Crippen LogP contribution in [0.25, 0.3) is 22.3 Å². The first-order chi connectivity index (χ1) is 16.9. The van der Waals surface area contributed by atoms with Gasteiger partial charge in [0.2, 0.25) is 0 Å². The molecule has 2 unspecified atom stereocenters. The summed E-state index contributed by atoms with van der Waals surface area (Å²) < 4.78 is 21.8. The van der Waals surface area contributed by atoms with Crippen molar-refractivity contribution < 1.29 is 38.7 Å². The van der Waals surface area contributed by atoms with Crippen molar-refractivity contribution in [2.24, 2.45) is 0 Å². The predicted octanol–water partition coefficient (Wildman–Crippen LogP) is 4.28. The van der Waals surface area contributed by atoms with Gasteiger partial charge in [-0.25, -0.2) is 9.59 Å². The lowest BCUT2D eigenvalue weighted by molar-refractivity contribution is 0.0686. The summed E-state index contributed by atoms with van der Waals surface area (Å²) in [4.78, 5) is 23.8. The summed E-state index contributed by atoms with van der Waals surface area (Å²) in [5, 5.41) is 19.5. The standard InChI is InChI=1S/C27H24O8/c1-15-8-16(24-9-17(32-11-19-13-34-19)3-6-22(24)26(28)29)2-5-21(15)25-10-18(33-12-20-14-35-20)4-7-23(25)27(30)31/h2-10,19-20H,11-14H2,1H3,(H,28,29)(H,30,31). The molecule has 2 saturated heterocycles. The van der Waals surface area contributed by atoms with Gasteiger partial charge in [0.1, 0.15) is 36.9 Å². The van der Waals surface area contributed by atoms with Crippen LogP contribution in [0.5, 0.6) is 11.5 Å². The fourth-order valence-electron chi connectivity index (χ4n) is 3.90. The molecule has 0 spiro atoms. The van der Waals surface area contributed by atoms with E-state index in [9.17, 15) is 19.8 Å². The third-order valence-electron chi connectivity index (χ3n) is 5.95. The molecule has 5 rings (SSSR count). The Labute approximate surface area is 201 Å². The molecule has 8 nitrogen and oxygen atoms in total. The molecule has 0 bridgehead atoms. The van der Waals surface area contributed by atoms with Crippen LogP contribution in [0.1, 0.15) is 26.3 Å². The van der Waals surface area contributed by atoms with E-state index in [1.165, 1.54) is 12.1 Å². The van der Waals surface area contributed by atoms with Crippen molar-refractivity contribution in [3.05, 3.63) is 71.3 Å². The number of epoxide rings is 2. The monoisotopic (exact) mass is 476 g/mol. The minimum absolute atomic E-state index is 0.0820. The number of hydrogen-bond acceptors (Lipinski definition) is 6. The van der Waals surface area contributed by atoms with Crippen LogP contribution in [0.2, 0.25) is 0 Å². The number of aryl methyl sites for hydroxylation is 1. The van der Waals surface area contributed by atoms with E-state index < -0.39 is 11.9 Å². The van der Waals surface area contributed by atoms with Crippen LogP contribution < -0.4 is 9.47 Å². The number of hydrogen-bond donors (Lipinski definition) is 2. The van der Waals surface area contributed by atoms with Gasteiger partial charge in [-0.2, -0.15) is 0 Å². The lowest BCUT2D eigenvalue weighted by Crippen LogP contribution is -2.06. The maximum atomic E-state index is 11.9. The van der Waals surface area contributed by atoms with Crippen LogP contribution in [0, 0.1) is 6.92 Å². The minimum Gasteiger partial charge on any atom is -0.491 e. The molecule has 8 heteroatoms. The van der Waals surface area contributed by atoms with Gasteiger partial charge < -0.3 is 29.2 Å². The SMILES string of the molecule is Cc1cc(-c2cc(OCC3CO3)ccc2C(=O)O)ccc1-c1cc(OCC2CO2)ccc1C(=O)O. The molecular formula is C27H24O8. The highest BCUT2D eigenvalue weighted by Gasteiger charge is 2.25. The smallest absolute Gasteiger partial charge is 0.336 e. The molecule has 0 amide bonds. The Morgan fingerprint density at radius 3 is 1.77 bits per heavy atom. The molecule has 2 aliphatic rings. The van der Waals surface area contributed by atoms with Crippen molar-refractivity contribution in [3.63, 3.8) is 0 Å². The highest BCUT2D eigenvalue weighted by atomic mass is 16.6. The Morgan fingerprint density at radius 2 is 1.29 bits per heavy atom. The van der Waals surface area contributed by atoms with E-state index in [0.29, 0.717) is 54.6 Å². The second kappa shape index (κ2) is 9.40. The number of carboxylic acids is 2. The lowest BCUT2D eigenvalue weighted by Gasteiger charge is -2.15. The van der Waals surface area contributed by atoms with Crippen LogP contribution in [-0.2, 0) is 9.47 Å². The van der Waals surface area contributed by atoms with Gasteiger partial charge in [-0.3, -0.25) is 0 Å². The molecule has 2 N–H and O–H groups in total. The highest BCUT2D eigenvalue weighted by Crippen LogP contribution is 2.35. The van der Waals surface area contributed by atoms with Gasteiger partial charge >= 0.3 is 11.9 Å². The van der Waals surface area contributed by atoms with E-state index in [1.807, 2.05) is 13.0 Å². The molecule has 180 valence electrons. The first kappa shape index (κ1) is 22.9. The largest absolute Gasteiger partial charge is 0.491 e. The number of ether oxygens (including phenoxy) is 4. The molecule has 2 aliphatic heterocycles. The summed E-state index contributed by atoms with van der Waals surface area (Å²) >= 11 is 0. The average molecular weight is 476 g/mol. The Balaban J connectivity index is 1.49. The number of rotatable bonds is 10. The quantitative estimate of drug-likeness (QED) is 0.416. The maximum Gasteiger partial charge on any atom is 0.336 e. The highest BCUT2D eigenvalue weighted by molar-refractivity contribution is 5.98. The van der Waals surface area contributed by atoms with E-state index in [-0.39, 0.29) is 23.3 Å². The second-order valence-corrected chi connectivity index (χ2v) is 8.59. The van der Waals surface area contributed by atoms with Crippen molar-refractivity contribution in [2.45, 2.75) is 19.1 Å². The topological polar surface area (TPSA) is 118 Å². The van der Waals surface area contributed by atoms with Crippen molar-refractivity contribution in [1.29, 1.82) is 0 Å². The first-order valence-corrected chi connectivity index (χ1v) is 11.2. The van der Waals surface area contributed by atoms with Crippen molar-refractivity contribution in [2.75, 3.05) is 26.4 Å². The molecule has 0 saturated carbocycles. The molecule has 0 aliphatic carbocycles. The summed E-state index contributed by atoms with van der Waals surface area (Å²) in [5.41, 5.74) is 3.54. The van der Waals surface area contributed by atoms with Gasteiger partial charge in [0.05, 0.1) is 24.3 Å². The number of carbonyl (C=O) groups is 2. The van der Waals surface area contributed by atoms with Crippen molar-refractivity contribution in [1.82, 2.24) is 0 Å². The fourth-order valence-corrected chi connectivity index (χ4v) is 3.90. The van der Waals surface area contributed by atoms with E-state index in [4.69, 9.17) is 18.9 Å². The van der Waals surface area contributed by atoms with Crippen LogP contribution >= 0.6 is 0 Å². The summed E-state index contributed by atoms with van der Waals surface area (Å²) in [6, 6.07) is 15.2. The first-order valence-electron chi connectivity index (χ1n) is 11.2. The van der Waals surface area contributed by atoms with Gasteiger partial charge in [0, 0.05) is 5.56 Å². The zero-order chi connectivity index (χ0) is 24.5. The van der Waals surface area contributed by atoms with Crippen LogP contribution in [0.4, 0.5) is 0 Å². The van der Waals surface area contributed by atoms with Crippen LogP contribution in [0.15, 0.2) is 54.6 Å². The van der Waals surface area contributed by atoms with Crippen molar-refractivity contribution >= 4 is 11.9 Å². The Bertz CT molecular complexity index is 1290. The van der Waals surface area contributed by atoms with Gasteiger partial charge in [-0.05, 0) is 65.6 Å². The van der Waals surface area contributed by atoms with Gasteiger partial charge in [0.25, 0.3) is 0 Å². The van der Waals surface area contributed by atoms with Gasteiger partial charge in [0.15, 0.2) is 0 Å². The van der Waals surface area contributed by atoms with E-state index in [0.717, 1.165) is 11.1 Å². The Kier molecular flexibility index (Phi) is 6.15. The minimum atomic E-state index is -1.04. The van der Waals surface area contributed by atoms with Gasteiger partial charge in [-0.1, -0.05) is 18.2 Å².